The average Bonchev–Trinajstić information content (AvgIpc) is 2.79. The fraction of sp³-hybridized carbons (Fsp3) is 0.636. The molecule has 1 aliphatic rings. The average molecular weight is 208 g/mol. The summed E-state index contributed by atoms with van der Waals surface area (Å²) in [5, 5.41) is 8.90. The molecule has 4 nitrogen and oxygen atoms in total. The van der Waals surface area contributed by atoms with Gasteiger partial charge in [-0.2, -0.15) is 0 Å². The molecule has 1 aromatic rings. The number of rotatable bonds is 3. The zero-order valence-electron chi connectivity index (χ0n) is 8.94. The second-order valence-electron chi connectivity index (χ2n) is 3.98. The molecule has 82 valence electrons. The largest absolute Gasteiger partial charge is 0.392 e. The van der Waals surface area contributed by atoms with Crippen LogP contribution in [0.15, 0.2) is 12.4 Å². The van der Waals surface area contributed by atoms with Gasteiger partial charge in [0.2, 0.25) is 0 Å². The number of hydrogen-bond acceptors (Lipinski definition) is 4. The Morgan fingerprint density at radius 3 is 2.40 bits per heavy atom. The highest BCUT2D eigenvalue weighted by atomic mass is 16.5. The molecule has 0 saturated heterocycles. The number of aliphatic hydroxyl groups is 1. The summed E-state index contributed by atoms with van der Waals surface area (Å²) in [6, 6.07) is 0. The minimum Gasteiger partial charge on any atom is -0.392 e. The molecule has 0 unspecified atom stereocenters. The topological polar surface area (TPSA) is 55.2 Å². The van der Waals surface area contributed by atoms with E-state index < -0.39 is 0 Å². The smallest absolute Gasteiger partial charge is 0.160 e. The van der Waals surface area contributed by atoms with Crippen LogP contribution in [0.3, 0.4) is 0 Å². The van der Waals surface area contributed by atoms with Crippen molar-refractivity contribution in [3.05, 3.63) is 23.8 Å². The molecule has 1 saturated carbocycles. The normalized spacial score (nSPS) is 19.3. The fourth-order valence-electron chi connectivity index (χ4n) is 2.14. The minimum atomic E-state index is -0.284. The first-order valence-corrected chi connectivity index (χ1v) is 5.28. The number of methoxy groups -OCH3 is 1. The summed E-state index contributed by atoms with van der Waals surface area (Å²) < 4.78 is 5.57. The lowest BCUT2D eigenvalue weighted by atomic mass is 10.0. The highest BCUT2D eigenvalue weighted by molar-refractivity contribution is 5.10. The quantitative estimate of drug-likeness (QED) is 0.815. The minimum absolute atomic E-state index is 0.0136. The summed E-state index contributed by atoms with van der Waals surface area (Å²) in [6.45, 7) is -0.0136. The van der Waals surface area contributed by atoms with Gasteiger partial charge in [0.05, 0.1) is 6.61 Å². The molecule has 0 spiro atoms. The number of nitrogens with zero attached hydrogens (tertiary/aromatic N) is 2. The van der Waals surface area contributed by atoms with Gasteiger partial charge in [0.15, 0.2) is 5.82 Å². The van der Waals surface area contributed by atoms with Crippen LogP contribution >= 0.6 is 0 Å². The summed E-state index contributed by atoms with van der Waals surface area (Å²) in [4.78, 5) is 8.56. The molecule has 1 N–H and O–H groups in total. The first-order chi connectivity index (χ1) is 7.30. The van der Waals surface area contributed by atoms with Gasteiger partial charge in [0.1, 0.15) is 5.60 Å². The molecule has 0 aliphatic heterocycles. The van der Waals surface area contributed by atoms with E-state index in [-0.39, 0.29) is 12.2 Å². The van der Waals surface area contributed by atoms with E-state index in [0.717, 1.165) is 24.2 Å². The summed E-state index contributed by atoms with van der Waals surface area (Å²) in [5.74, 6) is 0.750. The maximum Gasteiger partial charge on any atom is 0.160 e. The van der Waals surface area contributed by atoms with Gasteiger partial charge in [-0.1, -0.05) is 0 Å². The first kappa shape index (κ1) is 10.5. The van der Waals surface area contributed by atoms with Crippen molar-refractivity contribution in [3.8, 4) is 0 Å². The SMILES string of the molecule is COC1(c2ncc(CO)cn2)CCCC1. The summed E-state index contributed by atoms with van der Waals surface area (Å²) in [7, 11) is 1.72. The van der Waals surface area contributed by atoms with Gasteiger partial charge in [0.25, 0.3) is 0 Å². The molecule has 1 aliphatic carbocycles. The summed E-state index contributed by atoms with van der Waals surface area (Å²) in [5.41, 5.74) is 0.455. The van der Waals surface area contributed by atoms with E-state index in [2.05, 4.69) is 9.97 Å². The third kappa shape index (κ3) is 1.87. The van der Waals surface area contributed by atoms with Crippen molar-refractivity contribution < 1.29 is 9.84 Å². The second kappa shape index (κ2) is 4.24. The van der Waals surface area contributed by atoms with Crippen LogP contribution in [0.25, 0.3) is 0 Å². The molecule has 0 bridgehead atoms. The van der Waals surface area contributed by atoms with E-state index in [0.29, 0.717) is 0 Å². The van der Waals surface area contributed by atoms with Crippen LogP contribution in [0.4, 0.5) is 0 Å². The monoisotopic (exact) mass is 208 g/mol. The lowest BCUT2D eigenvalue weighted by Gasteiger charge is -2.25. The molecule has 1 fully saturated rings. The van der Waals surface area contributed by atoms with E-state index >= 15 is 0 Å². The molecule has 0 radical (unpaired) electrons. The van der Waals surface area contributed by atoms with Crippen molar-refractivity contribution in [1.29, 1.82) is 0 Å². The second-order valence-corrected chi connectivity index (χ2v) is 3.98. The molecule has 1 aromatic heterocycles. The van der Waals surface area contributed by atoms with Crippen LogP contribution in [-0.4, -0.2) is 22.2 Å². The zero-order chi connectivity index (χ0) is 10.7. The number of aliphatic hydroxyl groups excluding tert-OH is 1. The molecule has 2 rings (SSSR count). The Hall–Kier alpha value is -1.00. The molecule has 0 aromatic carbocycles. The highest BCUT2D eigenvalue weighted by Gasteiger charge is 2.38. The number of aromatic nitrogens is 2. The Morgan fingerprint density at radius 1 is 1.33 bits per heavy atom. The van der Waals surface area contributed by atoms with Crippen molar-refractivity contribution in [3.63, 3.8) is 0 Å². The Morgan fingerprint density at radius 2 is 1.93 bits per heavy atom. The number of hydrogen-bond donors (Lipinski definition) is 1. The molecular weight excluding hydrogens is 192 g/mol. The maximum absolute atomic E-state index is 8.90. The lowest BCUT2D eigenvalue weighted by molar-refractivity contribution is -0.0163. The fourth-order valence-corrected chi connectivity index (χ4v) is 2.14. The van der Waals surface area contributed by atoms with Crippen molar-refractivity contribution in [2.45, 2.75) is 37.9 Å². The molecular formula is C11H16N2O2. The molecule has 1 heterocycles. The van der Waals surface area contributed by atoms with Gasteiger partial charge in [-0.05, 0) is 25.7 Å². The summed E-state index contributed by atoms with van der Waals surface area (Å²) in [6.07, 6.45) is 7.64. The standard InChI is InChI=1S/C11H16N2O2/c1-15-11(4-2-3-5-11)10-12-6-9(8-14)7-13-10/h6-7,14H,2-5,8H2,1H3. The lowest BCUT2D eigenvalue weighted by Crippen LogP contribution is -2.27. The Labute approximate surface area is 89.3 Å². The van der Waals surface area contributed by atoms with Crippen molar-refractivity contribution in [2.24, 2.45) is 0 Å². The van der Waals surface area contributed by atoms with Gasteiger partial charge >= 0.3 is 0 Å². The third-order valence-corrected chi connectivity index (χ3v) is 3.10. The van der Waals surface area contributed by atoms with E-state index in [1.54, 1.807) is 19.5 Å². The van der Waals surface area contributed by atoms with Crippen LogP contribution in [0.2, 0.25) is 0 Å². The Balaban J connectivity index is 2.26. The van der Waals surface area contributed by atoms with Gasteiger partial charge in [0, 0.05) is 25.1 Å². The Bertz CT molecular complexity index is 318. The van der Waals surface area contributed by atoms with Crippen molar-refractivity contribution in [2.75, 3.05) is 7.11 Å². The van der Waals surface area contributed by atoms with Crippen LogP contribution in [-0.2, 0) is 16.9 Å². The van der Waals surface area contributed by atoms with E-state index in [1.807, 2.05) is 0 Å². The van der Waals surface area contributed by atoms with Crippen LogP contribution in [0.5, 0.6) is 0 Å². The van der Waals surface area contributed by atoms with Gasteiger partial charge in [-0.15, -0.1) is 0 Å². The Kier molecular flexibility index (Phi) is 2.98. The van der Waals surface area contributed by atoms with Gasteiger partial charge in [-0.25, -0.2) is 9.97 Å². The zero-order valence-corrected chi connectivity index (χ0v) is 8.94. The van der Waals surface area contributed by atoms with Crippen molar-refractivity contribution >= 4 is 0 Å². The van der Waals surface area contributed by atoms with E-state index in [4.69, 9.17) is 9.84 Å². The van der Waals surface area contributed by atoms with Gasteiger partial charge < -0.3 is 9.84 Å². The predicted octanol–water partition coefficient (Wildman–Crippen LogP) is 1.38. The molecule has 4 heteroatoms. The number of ether oxygens (including phenoxy) is 1. The van der Waals surface area contributed by atoms with E-state index in [1.165, 1.54) is 12.8 Å². The maximum atomic E-state index is 8.90. The highest BCUT2D eigenvalue weighted by Crippen LogP contribution is 2.39. The molecule has 0 atom stereocenters. The molecule has 0 amide bonds. The van der Waals surface area contributed by atoms with Crippen LogP contribution in [0, 0.1) is 0 Å². The molecule has 15 heavy (non-hydrogen) atoms. The van der Waals surface area contributed by atoms with Crippen LogP contribution in [0.1, 0.15) is 37.1 Å². The van der Waals surface area contributed by atoms with Gasteiger partial charge in [-0.3, -0.25) is 0 Å². The van der Waals surface area contributed by atoms with E-state index in [9.17, 15) is 0 Å². The third-order valence-electron chi connectivity index (χ3n) is 3.10. The first-order valence-electron chi connectivity index (χ1n) is 5.28. The van der Waals surface area contributed by atoms with Crippen LogP contribution < -0.4 is 0 Å². The predicted molar refractivity (Wildman–Crippen MR) is 55.1 cm³/mol. The summed E-state index contributed by atoms with van der Waals surface area (Å²) >= 11 is 0. The van der Waals surface area contributed by atoms with Crippen molar-refractivity contribution in [1.82, 2.24) is 9.97 Å².